The molecule has 0 bridgehead atoms. The summed E-state index contributed by atoms with van der Waals surface area (Å²) in [4.78, 5) is 34.4. The van der Waals surface area contributed by atoms with Gasteiger partial charge in [-0.05, 0) is 84.1 Å². The highest BCUT2D eigenvalue weighted by Crippen LogP contribution is 2.35. The molecule has 1 atom stereocenters. The monoisotopic (exact) mass is 581 g/mol. The number of halogens is 1. The van der Waals surface area contributed by atoms with Crippen LogP contribution in [0.25, 0.3) is 6.08 Å². The average molecular weight is 583 g/mol. The molecule has 0 saturated carbocycles. The number of thiazole rings is 1. The fraction of sp³-hybridized carbons (Fsp3) is 0.321. The number of methoxy groups -OCH3 is 1. The van der Waals surface area contributed by atoms with Gasteiger partial charge in [0.15, 0.2) is 4.80 Å². The van der Waals surface area contributed by atoms with Gasteiger partial charge in [-0.25, -0.2) is 9.79 Å². The summed E-state index contributed by atoms with van der Waals surface area (Å²) >= 11 is 4.86. The summed E-state index contributed by atoms with van der Waals surface area (Å²) in [6, 6.07) is 13.2. The third kappa shape index (κ3) is 4.90. The number of carbonyl (C=O) groups excluding carboxylic acids is 1. The second kappa shape index (κ2) is 10.7. The quantitative estimate of drug-likeness (QED) is 0.408. The first-order valence-electron chi connectivity index (χ1n) is 12.3. The van der Waals surface area contributed by atoms with Gasteiger partial charge in [0.05, 0.1) is 40.0 Å². The number of rotatable bonds is 6. The van der Waals surface area contributed by atoms with Crippen molar-refractivity contribution in [2.75, 3.05) is 31.7 Å². The lowest BCUT2D eigenvalue weighted by Crippen LogP contribution is -2.39. The van der Waals surface area contributed by atoms with Gasteiger partial charge in [0.1, 0.15) is 5.75 Å². The molecule has 7 nitrogen and oxygen atoms in total. The van der Waals surface area contributed by atoms with E-state index in [2.05, 4.69) is 38.0 Å². The summed E-state index contributed by atoms with van der Waals surface area (Å²) in [5.74, 6) is 0.180. The number of fused-ring (bicyclic) bond motifs is 1. The number of nitrogens with zero attached hydrogens (tertiary/aromatic N) is 3. The Labute approximate surface area is 227 Å². The van der Waals surface area contributed by atoms with Crippen LogP contribution in [-0.2, 0) is 9.53 Å². The number of anilines is 1. The van der Waals surface area contributed by atoms with E-state index in [1.54, 1.807) is 25.5 Å². The molecule has 0 aliphatic carbocycles. The van der Waals surface area contributed by atoms with Crippen molar-refractivity contribution in [3.8, 4) is 5.75 Å². The van der Waals surface area contributed by atoms with Crippen molar-refractivity contribution >= 4 is 45.0 Å². The summed E-state index contributed by atoms with van der Waals surface area (Å²) in [7, 11) is 1.59. The normalized spacial score (nSPS) is 17.6. The van der Waals surface area contributed by atoms with Gasteiger partial charge in [-0.2, -0.15) is 0 Å². The highest BCUT2D eigenvalue weighted by molar-refractivity contribution is 9.10. The zero-order valence-corrected chi connectivity index (χ0v) is 23.4. The Kier molecular flexibility index (Phi) is 7.35. The van der Waals surface area contributed by atoms with Crippen LogP contribution in [0.4, 0.5) is 5.69 Å². The minimum absolute atomic E-state index is 0.196. The van der Waals surface area contributed by atoms with Crippen LogP contribution in [0.2, 0.25) is 0 Å². The van der Waals surface area contributed by atoms with E-state index >= 15 is 0 Å². The van der Waals surface area contributed by atoms with Gasteiger partial charge < -0.3 is 14.4 Å². The van der Waals surface area contributed by atoms with Gasteiger partial charge in [0.2, 0.25) is 0 Å². The first-order valence-corrected chi connectivity index (χ1v) is 13.9. The molecule has 37 heavy (non-hydrogen) atoms. The summed E-state index contributed by atoms with van der Waals surface area (Å²) in [5.41, 5.74) is 3.60. The summed E-state index contributed by atoms with van der Waals surface area (Å²) < 4.78 is 13.6. The van der Waals surface area contributed by atoms with Crippen LogP contribution >= 0.6 is 27.3 Å². The van der Waals surface area contributed by atoms with E-state index in [0.717, 1.165) is 28.7 Å². The standard InChI is InChI=1S/C28H28BrN3O4S/c1-4-36-27(34)24-17(2)30-28-32(25(24)19-9-12-22(35-3)21(29)16-19)26(33)23(37-28)15-18-7-10-20(11-8-18)31-13-5-6-14-31/h7-12,15-16,25H,4-6,13-14H2,1-3H3/b23-15+/t25-/m0/s1. The molecular weight excluding hydrogens is 554 g/mol. The number of esters is 1. The topological polar surface area (TPSA) is 73.1 Å². The van der Waals surface area contributed by atoms with E-state index in [1.165, 1.54) is 29.9 Å². The molecule has 0 N–H and O–H groups in total. The van der Waals surface area contributed by atoms with E-state index in [-0.39, 0.29) is 12.2 Å². The molecular formula is C28H28BrN3O4S. The number of allylic oxidation sites excluding steroid dienone is 1. The molecule has 2 aromatic carbocycles. The SMILES string of the molecule is CCOC(=O)C1=C(C)N=c2s/c(=C/c3ccc(N4CCCC4)cc3)c(=O)n2[C@H]1c1ccc(OC)c(Br)c1. The molecule has 192 valence electrons. The van der Waals surface area contributed by atoms with Crippen LogP contribution in [0.3, 0.4) is 0 Å². The van der Waals surface area contributed by atoms with Crippen molar-refractivity contribution in [1.29, 1.82) is 0 Å². The van der Waals surface area contributed by atoms with Crippen molar-refractivity contribution in [3.05, 3.63) is 89.0 Å². The fourth-order valence-electron chi connectivity index (χ4n) is 4.87. The Balaban J connectivity index is 1.62. The van der Waals surface area contributed by atoms with Crippen molar-refractivity contribution in [2.24, 2.45) is 4.99 Å². The maximum Gasteiger partial charge on any atom is 0.338 e. The first-order chi connectivity index (χ1) is 17.9. The smallest absolute Gasteiger partial charge is 0.338 e. The largest absolute Gasteiger partial charge is 0.496 e. The van der Waals surface area contributed by atoms with Gasteiger partial charge in [-0.1, -0.05) is 29.5 Å². The van der Waals surface area contributed by atoms with Gasteiger partial charge in [-0.15, -0.1) is 0 Å². The van der Waals surface area contributed by atoms with Crippen LogP contribution in [0.15, 0.2) is 68.0 Å². The molecule has 0 amide bonds. The number of benzene rings is 2. The second-order valence-corrected chi connectivity index (χ2v) is 10.8. The predicted octanol–water partition coefficient (Wildman–Crippen LogP) is 4.17. The molecule has 0 radical (unpaired) electrons. The van der Waals surface area contributed by atoms with Crippen LogP contribution in [0.1, 0.15) is 43.9 Å². The molecule has 1 aromatic heterocycles. The number of ether oxygens (including phenoxy) is 2. The lowest BCUT2D eigenvalue weighted by Gasteiger charge is -2.25. The van der Waals surface area contributed by atoms with E-state index < -0.39 is 12.0 Å². The van der Waals surface area contributed by atoms with E-state index in [9.17, 15) is 9.59 Å². The predicted molar refractivity (Wildman–Crippen MR) is 149 cm³/mol. The minimum atomic E-state index is -0.669. The average Bonchev–Trinajstić information content (AvgIpc) is 3.52. The Hall–Kier alpha value is -3.17. The zero-order valence-electron chi connectivity index (χ0n) is 21.0. The zero-order chi connectivity index (χ0) is 26.1. The highest BCUT2D eigenvalue weighted by Gasteiger charge is 2.33. The third-order valence-electron chi connectivity index (χ3n) is 6.67. The molecule has 2 aliphatic heterocycles. The molecule has 1 fully saturated rings. The Morgan fingerprint density at radius 3 is 2.57 bits per heavy atom. The van der Waals surface area contributed by atoms with Crippen LogP contribution in [-0.4, -0.2) is 37.3 Å². The van der Waals surface area contributed by atoms with E-state index in [1.807, 2.05) is 36.4 Å². The number of aromatic nitrogens is 1. The number of hydrogen-bond donors (Lipinski definition) is 0. The molecule has 0 unspecified atom stereocenters. The second-order valence-electron chi connectivity index (χ2n) is 8.98. The third-order valence-corrected chi connectivity index (χ3v) is 8.27. The summed E-state index contributed by atoms with van der Waals surface area (Å²) in [5, 5.41) is 0. The molecule has 1 saturated heterocycles. The van der Waals surface area contributed by atoms with Gasteiger partial charge in [0, 0.05) is 18.8 Å². The van der Waals surface area contributed by atoms with E-state index in [4.69, 9.17) is 9.47 Å². The van der Waals surface area contributed by atoms with Crippen LogP contribution in [0, 0.1) is 0 Å². The summed E-state index contributed by atoms with van der Waals surface area (Å²) in [6.45, 7) is 5.94. The molecule has 5 rings (SSSR count). The lowest BCUT2D eigenvalue weighted by molar-refractivity contribution is -0.139. The highest BCUT2D eigenvalue weighted by atomic mass is 79.9. The Morgan fingerprint density at radius 1 is 1.19 bits per heavy atom. The van der Waals surface area contributed by atoms with Crippen molar-refractivity contribution in [3.63, 3.8) is 0 Å². The van der Waals surface area contributed by atoms with Crippen LogP contribution in [0.5, 0.6) is 5.75 Å². The van der Waals surface area contributed by atoms with Gasteiger partial charge in [-0.3, -0.25) is 9.36 Å². The minimum Gasteiger partial charge on any atom is -0.496 e. The first kappa shape index (κ1) is 25.5. The Morgan fingerprint density at radius 2 is 1.92 bits per heavy atom. The fourth-order valence-corrected chi connectivity index (χ4v) is 6.47. The van der Waals surface area contributed by atoms with Crippen molar-refractivity contribution in [1.82, 2.24) is 4.57 Å². The van der Waals surface area contributed by atoms with Crippen molar-refractivity contribution < 1.29 is 14.3 Å². The maximum absolute atomic E-state index is 13.8. The number of hydrogen-bond acceptors (Lipinski definition) is 7. The summed E-state index contributed by atoms with van der Waals surface area (Å²) in [6.07, 6.45) is 4.34. The van der Waals surface area contributed by atoms with Crippen LogP contribution < -0.4 is 24.5 Å². The van der Waals surface area contributed by atoms with Gasteiger partial charge >= 0.3 is 5.97 Å². The van der Waals surface area contributed by atoms with E-state index in [0.29, 0.717) is 26.4 Å². The Bertz CT molecular complexity index is 1550. The lowest BCUT2D eigenvalue weighted by atomic mass is 9.96. The maximum atomic E-state index is 13.8. The molecule has 3 heterocycles. The van der Waals surface area contributed by atoms with Gasteiger partial charge in [0.25, 0.3) is 5.56 Å². The molecule has 0 spiro atoms. The van der Waals surface area contributed by atoms with Crippen molar-refractivity contribution in [2.45, 2.75) is 32.7 Å². The molecule has 3 aromatic rings. The molecule has 2 aliphatic rings. The number of carbonyl (C=O) groups is 1. The molecule has 9 heteroatoms.